The van der Waals surface area contributed by atoms with Crippen molar-refractivity contribution < 1.29 is 0 Å². The molecule has 1 rings (SSSR count). The number of nitrogens with one attached hydrogen (secondary N) is 2. The van der Waals surface area contributed by atoms with E-state index in [1.165, 1.54) is 0 Å². The zero-order valence-electron chi connectivity index (χ0n) is 6.31. The van der Waals surface area contributed by atoms with E-state index in [1.807, 2.05) is 13.8 Å². The molecular formula is C8H12N2. The fourth-order valence-electron chi connectivity index (χ4n) is 0.483. The Hall–Kier alpha value is -1.18. The monoisotopic (exact) mass is 136 g/mol. The summed E-state index contributed by atoms with van der Waals surface area (Å²) in [5.74, 6) is 0. The fraction of sp³-hybridized carbons (Fsp3) is 0.250. The van der Waals surface area contributed by atoms with Crippen molar-refractivity contribution in [1.29, 1.82) is 10.8 Å². The number of hydrogen-bond acceptors (Lipinski definition) is 2. The van der Waals surface area contributed by atoms with E-state index >= 15 is 0 Å². The Morgan fingerprint density at radius 3 is 1.40 bits per heavy atom. The molecule has 0 heterocycles. The van der Waals surface area contributed by atoms with Crippen molar-refractivity contribution in [2.45, 2.75) is 13.8 Å². The molecule has 1 aliphatic carbocycles. The molecule has 0 fully saturated rings. The summed E-state index contributed by atoms with van der Waals surface area (Å²) in [5.41, 5.74) is 0.569. The third-order valence-corrected chi connectivity index (χ3v) is 0.927. The van der Waals surface area contributed by atoms with E-state index in [9.17, 15) is 0 Å². The largest absolute Gasteiger partial charge is 0.299 e. The zero-order valence-corrected chi connectivity index (χ0v) is 6.31. The lowest BCUT2D eigenvalue weighted by atomic mass is 10.1. The van der Waals surface area contributed by atoms with Crippen LogP contribution >= 0.6 is 0 Å². The first-order chi connectivity index (χ1) is 4.80. The van der Waals surface area contributed by atoms with E-state index in [4.69, 9.17) is 10.8 Å². The second-order valence-corrected chi connectivity index (χ2v) is 1.55. The lowest BCUT2D eigenvalue weighted by molar-refractivity contribution is 1.49. The Bertz CT molecular complexity index is 165. The van der Waals surface area contributed by atoms with Gasteiger partial charge >= 0.3 is 0 Å². The molecule has 10 heavy (non-hydrogen) atoms. The molecular weight excluding hydrogens is 124 g/mol. The normalized spacial score (nSPS) is 14.6. The maximum absolute atomic E-state index is 7.03. The third kappa shape index (κ3) is 2.40. The molecule has 54 valence electrons. The molecule has 0 atom stereocenters. The molecule has 0 saturated carbocycles. The van der Waals surface area contributed by atoms with E-state index in [1.54, 1.807) is 24.3 Å². The topological polar surface area (TPSA) is 47.7 Å². The van der Waals surface area contributed by atoms with E-state index in [2.05, 4.69) is 0 Å². The van der Waals surface area contributed by atoms with Gasteiger partial charge in [-0.2, -0.15) is 0 Å². The quantitative estimate of drug-likeness (QED) is 0.479. The van der Waals surface area contributed by atoms with Gasteiger partial charge in [-0.3, -0.25) is 10.8 Å². The van der Waals surface area contributed by atoms with Crippen LogP contribution in [-0.4, -0.2) is 11.4 Å². The van der Waals surface area contributed by atoms with Crippen LogP contribution in [0.5, 0.6) is 0 Å². The predicted molar refractivity (Wildman–Crippen MR) is 45.1 cm³/mol. The molecule has 2 N–H and O–H groups in total. The van der Waals surface area contributed by atoms with Gasteiger partial charge in [-0.1, -0.05) is 26.0 Å². The summed E-state index contributed by atoms with van der Waals surface area (Å²) in [6, 6.07) is 0. The van der Waals surface area contributed by atoms with Gasteiger partial charge in [0, 0.05) is 0 Å². The molecule has 0 amide bonds. The molecule has 2 heteroatoms. The van der Waals surface area contributed by atoms with E-state index in [0.29, 0.717) is 0 Å². The smallest absolute Gasteiger partial charge is 0.0789 e. The van der Waals surface area contributed by atoms with Crippen LogP contribution in [0.25, 0.3) is 0 Å². The number of allylic oxidation sites excluding steroid dienone is 4. The van der Waals surface area contributed by atoms with Crippen LogP contribution < -0.4 is 0 Å². The van der Waals surface area contributed by atoms with Crippen LogP contribution in [0.2, 0.25) is 0 Å². The van der Waals surface area contributed by atoms with Gasteiger partial charge in [-0.15, -0.1) is 0 Å². The highest BCUT2D eigenvalue weighted by Gasteiger charge is 1.97. The molecule has 0 bridgehead atoms. The highest BCUT2D eigenvalue weighted by Crippen LogP contribution is 1.91. The maximum atomic E-state index is 7.03. The highest BCUT2D eigenvalue weighted by atomic mass is 14.5. The van der Waals surface area contributed by atoms with Crippen molar-refractivity contribution in [3.05, 3.63) is 24.3 Å². The highest BCUT2D eigenvalue weighted by molar-refractivity contribution is 6.48. The van der Waals surface area contributed by atoms with Gasteiger partial charge in [0.05, 0.1) is 11.4 Å². The van der Waals surface area contributed by atoms with Gasteiger partial charge in [0.15, 0.2) is 0 Å². The van der Waals surface area contributed by atoms with Crippen molar-refractivity contribution in [3.8, 4) is 0 Å². The van der Waals surface area contributed by atoms with Gasteiger partial charge in [0.2, 0.25) is 0 Å². The Morgan fingerprint density at radius 2 is 1.20 bits per heavy atom. The average Bonchev–Trinajstić information content (AvgIpc) is 2.00. The minimum Gasteiger partial charge on any atom is -0.299 e. The first-order valence-corrected chi connectivity index (χ1v) is 3.33. The molecule has 1 aliphatic rings. The Balaban J connectivity index is 0.000000371. The molecule has 0 aromatic carbocycles. The summed E-state index contributed by atoms with van der Waals surface area (Å²) in [7, 11) is 0. The van der Waals surface area contributed by atoms with Gasteiger partial charge in [0.25, 0.3) is 0 Å². The van der Waals surface area contributed by atoms with E-state index in [0.717, 1.165) is 0 Å². The predicted octanol–water partition coefficient (Wildman–Crippen LogP) is 2.18. The number of rotatable bonds is 0. The lowest BCUT2D eigenvalue weighted by Crippen LogP contribution is -2.06. The molecule has 0 aromatic heterocycles. The lowest BCUT2D eigenvalue weighted by Gasteiger charge is -1.96. The van der Waals surface area contributed by atoms with Crippen LogP contribution in [0.3, 0.4) is 0 Å². The summed E-state index contributed by atoms with van der Waals surface area (Å²) in [6.07, 6.45) is 6.70. The van der Waals surface area contributed by atoms with Crippen molar-refractivity contribution >= 4 is 11.4 Å². The molecule has 0 unspecified atom stereocenters. The van der Waals surface area contributed by atoms with Crippen molar-refractivity contribution in [2.75, 3.05) is 0 Å². The summed E-state index contributed by atoms with van der Waals surface area (Å²) in [5, 5.41) is 14.1. The molecule has 0 aromatic rings. The Kier molecular flexibility index (Phi) is 4.12. The van der Waals surface area contributed by atoms with Crippen molar-refractivity contribution in [2.24, 2.45) is 0 Å². The third-order valence-electron chi connectivity index (χ3n) is 0.927. The zero-order chi connectivity index (χ0) is 7.98. The summed E-state index contributed by atoms with van der Waals surface area (Å²) in [4.78, 5) is 0. The molecule has 0 spiro atoms. The molecule has 0 aliphatic heterocycles. The standard InChI is InChI=1S/C6H6N2.C2H6/c7-5-3-1-2-4-6(5)8;1-2/h1-4,7-8H;1-2H3. The Morgan fingerprint density at radius 1 is 0.900 bits per heavy atom. The average molecular weight is 136 g/mol. The summed E-state index contributed by atoms with van der Waals surface area (Å²) >= 11 is 0. The van der Waals surface area contributed by atoms with E-state index < -0.39 is 0 Å². The first-order valence-electron chi connectivity index (χ1n) is 3.33. The van der Waals surface area contributed by atoms with Gasteiger partial charge in [-0.25, -0.2) is 0 Å². The fourth-order valence-corrected chi connectivity index (χ4v) is 0.483. The van der Waals surface area contributed by atoms with Crippen LogP contribution in [0.1, 0.15) is 13.8 Å². The maximum Gasteiger partial charge on any atom is 0.0789 e. The van der Waals surface area contributed by atoms with Gasteiger partial charge in [-0.05, 0) is 12.2 Å². The summed E-state index contributed by atoms with van der Waals surface area (Å²) in [6.45, 7) is 4.00. The van der Waals surface area contributed by atoms with Crippen molar-refractivity contribution in [1.82, 2.24) is 0 Å². The first kappa shape index (κ1) is 8.82. The van der Waals surface area contributed by atoms with Crippen LogP contribution in [0.15, 0.2) is 24.3 Å². The van der Waals surface area contributed by atoms with Crippen LogP contribution in [0.4, 0.5) is 0 Å². The number of hydrogen-bond donors (Lipinski definition) is 2. The SMILES string of the molecule is CC.N=C1C=CC=CC1=N. The second-order valence-electron chi connectivity index (χ2n) is 1.55. The van der Waals surface area contributed by atoms with Crippen LogP contribution in [0, 0.1) is 10.8 Å². The Labute approximate surface area is 61.3 Å². The van der Waals surface area contributed by atoms with Gasteiger partial charge < -0.3 is 0 Å². The molecule has 0 saturated heterocycles. The van der Waals surface area contributed by atoms with Crippen LogP contribution in [-0.2, 0) is 0 Å². The second kappa shape index (κ2) is 4.68. The van der Waals surface area contributed by atoms with Crippen molar-refractivity contribution in [3.63, 3.8) is 0 Å². The minimum atomic E-state index is 0.285. The van der Waals surface area contributed by atoms with Gasteiger partial charge in [0.1, 0.15) is 0 Å². The minimum absolute atomic E-state index is 0.285. The van der Waals surface area contributed by atoms with E-state index in [-0.39, 0.29) is 11.4 Å². The molecule has 2 nitrogen and oxygen atoms in total. The molecule has 0 radical (unpaired) electrons. The summed E-state index contributed by atoms with van der Waals surface area (Å²) < 4.78 is 0.